The first-order chi connectivity index (χ1) is 10.8. The molecule has 2 aromatic heterocycles. The van der Waals surface area contributed by atoms with Crippen molar-refractivity contribution in [2.75, 3.05) is 18.1 Å². The number of alkyl halides is 3. The van der Waals surface area contributed by atoms with Crippen molar-refractivity contribution >= 4 is 11.6 Å². The van der Waals surface area contributed by atoms with Gasteiger partial charge >= 0.3 is 6.18 Å². The molecule has 0 unspecified atom stereocenters. The van der Waals surface area contributed by atoms with Gasteiger partial charge in [0.15, 0.2) is 5.69 Å². The molecule has 7 nitrogen and oxygen atoms in total. The highest BCUT2D eigenvalue weighted by Crippen LogP contribution is 2.34. The van der Waals surface area contributed by atoms with Crippen LogP contribution in [0.1, 0.15) is 11.4 Å². The van der Waals surface area contributed by atoms with Crippen LogP contribution < -0.4 is 9.64 Å². The first-order valence-electron chi connectivity index (χ1n) is 6.85. The first-order valence-corrected chi connectivity index (χ1v) is 6.85. The molecule has 3 heterocycles. The van der Waals surface area contributed by atoms with Gasteiger partial charge in [0.2, 0.25) is 11.8 Å². The summed E-state index contributed by atoms with van der Waals surface area (Å²) in [5, 5.41) is 7.59. The maximum atomic E-state index is 12.5. The number of hydrogen-bond acceptors (Lipinski definition) is 4. The van der Waals surface area contributed by atoms with Gasteiger partial charge in [0.05, 0.1) is 12.2 Å². The third-order valence-corrected chi connectivity index (χ3v) is 3.49. The summed E-state index contributed by atoms with van der Waals surface area (Å²) >= 11 is 0. The quantitative estimate of drug-likeness (QED) is 0.835. The largest absolute Gasteiger partial charge is 0.474 e. The van der Waals surface area contributed by atoms with E-state index >= 15 is 0 Å². The number of halogens is 3. The Hall–Kier alpha value is -2.52. The van der Waals surface area contributed by atoms with E-state index in [1.54, 1.807) is 14.0 Å². The Morgan fingerprint density at radius 2 is 2.13 bits per heavy atom. The predicted molar refractivity (Wildman–Crippen MR) is 73.0 cm³/mol. The zero-order valence-electron chi connectivity index (χ0n) is 12.5. The molecule has 23 heavy (non-hydrogen) atoms. The molecule has 0 spiro atoms. The van der Waals surface area contributed by atoms with Gasteiger partial charge in [0.25, 0.3) is 0 Å². The number of anilines is 1. The standard InChI is InChI=1S/C13H14F3N5O2/c1-8-11-12(19(2)17-8)23-6-5-21(11)10(22)7-20-4-3-9(18-20)13(14,15)16/h3-4H,5-7H2,1-2H3. The van der Waals surface area contributed by atoms with E-state index in [0.717, 1.165) is 16.9 Å². The first kappa shape index (κ1) is 15.4. The van der Waals surface area contributed by atoms with Crippen molar-refractivity contribution in [3.8, 4) is 5.88 Å². The van der Waals surface area contributed by atoms with Gasteiger partial charge in [-0.25, -0.2) is 4.68 Å². The Balaban J connectivity index is 1.81. The SMILES string of the molecule is Cc1nn(C)c2c1N(C(=O)Cn1ccc(C(F)(F)F)n1)CCO2. The molecule has 124 valence electrons. The van der Waals surface area contributed by atoms with Crippen LogP contribution >= 0.6 is 0 Å². The maximum Gasteiger partial charge on any atom is 0.435 e. The predicted octanol–water partition coefficient (Wildman–Crippen LogP) is 1.37. The Labute approximate surface area is 129 Å². The molecule has 1 aliphatic rings. The van der Waals surface area contributed by atoms with Crippen LogP contribution in [0.15, 0.2) is 12.3 Å². The van der Waals surface area contributed by atoms with Crippen molar-refractivity contribution in [1.29, 1.82) is 0 Å². The molecule has 10 heteroatoms. The van der Waals surface area contributed by atoms with Crippen LogP contribution in [0.3, 0.4) is 0 Å². The normalized spacial score (nSPS) is 14.6. The second-order valence-corrected chi connectivity index (χ2v) is 5.15. The highest BCUT2D eigenvalue weighted by molar-refractivity contribution is 5.95. The summed E-state index contributed by atoms with van der Waals surface area (Å²) in [4.78, 5) is 13.9. The van der Waals surface area contributed by atoms with Crippen molar-refractivity contribution in [3.05, 3.63) is 23.7 Å². The van der Waals surface area contributed by atoms with Crippen LogP contribution in [0.2, 0.25) is 0 Å². The molecule has 0 saturated heterocycles. The van der Waals surface area contributed by atoms with Crippen LogP contribution in [-0.4, -0.2) is 38.6 Å². The highest BCUT2D eigenvalue weighted by atomic mass is 19.4. The van der Waals surface area contributed by atoms with Gasteiger partial charge in [-0.1, -0.05) is 0 Å². The van der Waals surface area contributed by atoms with E-state index in [4.69, 9.17) is 4.74 Å². The van der Waals surface area contributed by atoms with E-state index in [2.05, 4.69) is 10.2 Å². The van der Waals surface area contributed by atoms with E-state index in [-0.39, 0.29) is 12.5 Å². The molecule has 3 rings (SSSR count). The third kappa shape index (κ3) is 2.76. The number of aryl methyl sites for hydroxylation is 2. The number of nitrogens with zero attached hydrogens (tertiary/aromatic N) is 5. The van der Waals surface area contributed by atoms with Gasteiger partial charge in [-0.3, -0.25) is 9.48 Å². The lowest BCUT2D eigenvalue weighted by molar-refractivity contribution is -0.141. The summed E-state index contributed by atoms with van der Waals surface area (Å²) in [5.41, 5.74) is 0.143. The van der Waals surface area contributed by atoms with E-state index in [1.165, 1.54) is 9.58 Å². The fourth-order valence-corrected chi connectivity index (χ4v) is 2.52. The molecule has 0 atom stereocenters. The molecule has 0 fully saturated rings. The molecule has 1 aliphatic heterocycles. The van der Waals surface area contributed by atoms with Crippen LogP contribution in [0, 0.1) is 6.92 Å². The Bertz CT molecular complexity index is 749. The zero-order valence-corrected chi connectivity index (χ0v) is 12.5. The highest BCUT2D eigenvalue weighted by Gasteiger charge is 2.34. The Kier molecular flexibility index (Phi) is 3.53. The Morgan fingerprint density at radius 3 is 2.78 bits per heavy atom. The molecule has 0 saturated carbocycles. The number of carbonyl (C=O) groups is 1. The van der Waals surface area contributed by atoms with Crippen LogP contribution in [-0.2, 0) is 24.6 Å². The van der Waals surface area contributed by atoms with E-state index in [1.807, 2.05) is 0 Å². The average Bonchev–Trinajstić information content (AvgIpc) is 3.04. The van der Waals surface area contributed by atoms with Crippen molar-refractivity contribution in [2.24, 2.45) is 7.05 Å². The van der Waals surface area contributed by atoms with E-state index < -0.39 is 11.9 Å². The number of rotatable bonds is 2. The lowest BCUT2D eigenvalue weighted by atomic mass is 10.3. The molecule has 0 N–H and O–H groups in total. The minimum absolute atomic E-state index is 0.288. The van der Waals surface area contributed by atoms with E-state index in [0.29, 0.717) is 30.4 Å². The summed E-state index contributed by atoms with van der Waals surface area (Å²) in [6.07, 6.45) is -3.39. The van der Waals surface area contributed by atoms with Crippen LogP contribution in [0.4, 0.5) is 18.9 Å². The number of carbonyl (C=O) groups excluding carboxylic acids is 1. The smallest absolute Gasteiger partial charge is 0.435 e. The van der Waals surface area contributed by atoms with Gasteiger partial charge < -0.3 is 9.64 Å². The van der Waals surface area contributed by atoms with Crippen LogP contribution in [0.5, 0.6) is 5.88 Å². The fraction of sp³-hybridized carbons (Fsp3) is 0.462. The van der Waals surface area contributed by atoms with Gasteiger partial charge in [-0.2, -0.15) is 23.4 Å². The number of amides is 1. The van der Waals surface area contributed by atoms with Crippen molar-refractivity contribution in [1.82, 2.24) is 19.6 Å². The molecule has 0 bridgehead atoms. The average molecular weight is 329 g/mol. The zero-order chi connectivity index (χ0) is 16.8. The van der Waals surface area contributed by atoms with Gasteiger partial charge in [-0.15, -0.1) is 0 Å². The molecule has 1 amide bonds. The monoisotopic (exact) mass is 329 g/mol. The topological polar surface area (TPSA) is 65.2 Å². The van der Waals surface area contributed by atoms with E-state index in [9.17, 15) is 18.0 Å². The molecule has 0 radical (unpaired) electrons. The second-order valence-electron chi connectivity index (χ2n) is 5.15. The summed E-state index contributed by atoms with van der Waals surface area (Å²) in [6, 6.07) is 0.841. The lowest BCUT2D eigenvalue weighted by Gasteiger charge is -2.27. The van der Waals surface area contributed by atoms with Crippen molar-refractivity contribution < 1.29 is 22.7 Å². The van der Waals surface area contributed by atoms with Crippen LogP contribution in [0.25, 0.3) is 0 Å². The molecular formula is C13H14F3N5O2. The Morgan fingerprint density at radius 1 is 1.39 bits per heavy atom. The van der Waals surface area contributed by atoms with Gasteiger partial charge in [-0.05, 0) is 13.0 Å². The second kappa shape index (κ2) is 5.28. The third-order valence-electron chi connectivity index (χ3n) is 3.49. The number of aromatic nitrogens is 4. The summed E-state index contributed by atoms with van der Waals surface area (Å²) in [7, 11) is 1.70. The molecular weight excluding hydrogens is 315 g/mol. The summed E-state index contributed by atoms with van der Waals surface area (Å²) in [5.74, 6) is 0.0982. The maximum absolute atomic E-state index is 12.5. The van der Waals surface area contributed by atoms with Crippen molar-refractivity contribution in [3.63, 3.8) is 0 Å². The molecule has 2 aromatic rings. The van der Waals surface area contributed by atoms with Gasteiger partial charge in [0.1, 0.15) is 18.8 Å². The minimum Gasteiger partial charge on any atom is -0.474 e. The number of hydrogen-bond donors (Lipinski definition) is 0. The molecule has 0 aliphatic carbocycles. The van der Waals surface area contributed by atoms with Crippen molar-refractivity contribution in [2.45, 2.75) is 19.6 Å². The minimum atomic E-state index is -4.53. The lowest BCUT2D eigenvalue weighted by Crippen LogP contribution is -2.40. The summed E-state index contributed by atoms with van der Waals surface area (Å²) < 4.78 is 45.6. The summed E-state index contributed by atoms with van der Waals surface area (Å²) in [6.45, 7) is 2.06. The fourth-order valence-electron chi connectivity index (χ4n) is 2.52. The number of fused-ring (bicyclic) bond motifs is 1. The molecule has 0 aromatic carbocycles. The number of ether oxygens (including phenoxy) is 1. The van der Waals surface area contributed by atoms with Gasteiger partial charge in [0, 0.05) is 13.2 Å².